The van der Waals surface area contributed by atoms with Crippen molar-refractivity contribution in [3.05, 3.63) is 66.2 Å². The number of carbonyl (C=O) groups excluding carboxylic acids is 1. The molecule has 0 radical (unpaired) electrons. The third-order valence-electron chi connectivity index (χ3n) is 2.94. The molecule has 2 atom stereocenters. The summed E-state index contributed by atoms with van der Waals surface area (Å²) in [4.78, 5) is 11.8. The SMILES string of the molecule is N[C@H](C(=O)Oc1ccccc1)[C@H](O)Cc1ccccc1. The van der Waals surface area contributed by atoms with Gasteiger partial charge in [0.05, 0.1) is 6.10 Å². The molecule has 0 unspecified atom stereocenters. The van der Waals surface area contributed by atoms with Gasteiger partial charge in [-0.15, -0.1) is 0 Å². The Kier molecular flexibility index (Phi) is 4.87. The zero-order chi connectivity index (χ0) is 14.4. The summed E-state index contributed by atoms with van der Waals surface area (Å²) in [6, 6.07) is 17.0. The molecule has 0 aliphatic rings. The topological polar surface area (TPSA) is 72.6 Å². The van der Waals surface area contributed by atoms with Crippen LogP contribution in [-0.2, 0) is 11.2 Å². The number of nitrogens with two attached hydrogens (primary N) is 1. The summed E-state index contributed by atoms with van der Waals surface area (Å²) >= 11 is 0. The van der Waals surface area contributed by atoms with Gasteiger partial charge in [-0.05, 0) is 17.7 Å². The lowest BCUT2D eigenvalue weighted by Gasteiger charge is -2.17. The van der Waals surface area contributed by atoms with E-state index < -0.39 is 18.1 Å². The first-order valence-corrected chi connectivity index (χ1v) is 6.41. The van der Waals surface area contributed by atoms with E-state index in [-0.39, 0.29) is 0 Å². The summed E-state index contributed by atoms with van der Waals surface area (Å²) in [6.45, 7) is 0. The van der Waals surface area contributed by atoms with Gasteiger partial charge in [0.15, 0.2) is 0 Å². The number of rotatable bonds is 5. The van der Waals surface area contributed by atoms with E-state index in [0.29, 0.717) is 12.2 Å². The van der Waals surface area contributed by atoms with Crippen LogP contribution in [-0.4, -0.2) is 23.2 Å². The second-order valence-corrected chi connectivity index (χ2v) is 4.52. The summed E-state index contributed by atoms with van der Waals surface area (Å²) in [5, 5.41) is 9.99. The Labute approximate surface area is 117 Å². The van der Waals surface area contributed by atoms with Gasteiger partial charge in [-0.3, -0.25) is 0 Å². The number of hydrogen-bond acceptors (Lipinski definition) is 4. The van der Waals surface area contributed by atoms with E-state index in [4.69, 9.17) is 10.5 Å². The normalized spacial score (nSPS) is 13.5. The average molecular weight is 271 g/mol. The molecule has 0 saturated carbocycles. The molecule has 0 aromatic heterocycles. The van der Waals surface area contributed by atoms with Gasteiger partial charge >= 0.3 is 5.97 Å². The zero-order valence-corrected chi connectivity index (χ0v) is 11.0. The first-order chi connectivity index (χ1) is 9.66. The Hall–Kier alpha value is -2.17. The largest absolute Gasteiger partial charge is 0.425 e. The number of benzene rings is 2. The fourth-order valence-corrected chi connectivity index (χ4v) is 1.81. The summed E-state index contributed by atoms with van der Waals surface area (Å²) in [5.41, 5.74) is 6.65. The maximum Gasteiger partial charge on any atom is 0.331 e. The minimum absolute atomic E-state index is 0.311. The molecule has 0 bridgehead atoms. The van der Waals surface area contributed by atoms with Crippen molar-refractivity contribution < 1.29 is 14.6 Å². The van der Waals surface area contributed by atoms with Crippen LogP contribution in [0.3, 0.4) is 0 Å². The Morgan fingerprint density at radius 3 is 2.20 bits per heavy atom. The number of ether oxygens (including phenoxy) is 1. The summed E-state index contributed by atoms with van der Waals surface area (Å²) in [5.74, 6) is -0.223. The van der Waals surface area contributed by atoms with Crippen LogP contribution in [0.1, 0.15) is 5.56 Å². The summed E-state index contributed by atoms with van der Waals surface area (Å²) in [7, 11) is 0. The molecule has 2 rings (SSSR count). The van der Waals surface area contributed by atoms with Gasteiger partial charge in [-0.25, -0.2) is 4.79 Å². The third kappa shape index (κ3) is 3.91. The standard InChI is InChI=1S/C16H17NO3/c17-15(14(18)11-12-7-3-1-4-8-12)16(19)20-13-9-5-2-6-10-13/h1-10,14-15,18H,11,17H2/t14-,15+/m1/s1. The van der Waals surface area contributed by atoms with E-state index in [1.165, 1.54) is 0 Å². The number of carbonyl (C=O) groups is 1. The Balaban J connectivity index is 1.93. The molecule has 2 aromatic carbocycles. The van der Waals surface area contributed by atoms with Crippen molar-refractivity contribution in [2.24, 2.45) is 5.73 Å². The molecule has 2 aromatic rings. The molecule has 3 N–H and O–H groups in total. The highest BCUT2D eigenvalue weighted by Crippen LogP contribution is 2.11. The monoisotopic (exact) mass is 271 g/mol. The molecule has 0 spiro atoms. The number of aliphatic hydroxyl groups is 1. The van der Waals surface area contributed by atoms with Crippen molar-refractivity contribution in [3.63, 3.8) is 0 Å². The van der Waals surface area contributed by atoms with Crippen LogP contribution >= 0.6 is 0 Å². The fraction of sp³-hybridized carbons (Fsp3) is 0.188. The van der Waals surface area contributed by atoms with E-state index in [9.17, 15) is 9.90 Å². The van der Waals surface area contributed by atoms with Crippen molar-refractivity contribution in [2.45, 2.75) is 18.6 Å². The van der Waals surface area contributed by atoms with Gasteiger partial charge in [0.25, 0.3) is 0 Å². The van der Waals surface area contributed by atoms with Crippen molar-refractivity contribution in [1.29, 1.82) is 0 Å². The van der Waals surface area contributed by atoms with Gasteiger partial charge < -0.3 is 15.6 Å². The number of esters is 1. The second kappa shape index (κ2) is 6.84. The maximum absolute atomic E-state index is 11.8. The molecule has 0 aliphatic carbocycles. The lowest BCUT2D eigenvalue weighted by molar-refractivity contribution is -0.138. The molecule has 0 aliphatic heterocycles. The van der Waals surface area contributed by atoms with Gasteiger partial charge in [-0.2, -0.15) is 0 Å². The van der Waals surface area contributed by atoms with E-state index >= 15 is 0 Å². The molecule has 4 nitrogen and oxygen atoms in total. The van der Waals surface area contributed by atoms with E-state index in [1.807, 2.05) is 36.4 Å². The van der Waals surface area contributed by atoms with Crippen molar-refractivity contribution in [3.8, 4) is 5.75 Å². The quantitative estimate of drug-likeness (QED) is 0.639. The lowest BCUT2D eigenvalue weighted by Crippen LogP contribution is -2.45. The Morgan fingerprint density at radius 2 is 1.60 bits per heavy atom. The zero-order valence-electron chi connectivity index (χ0n) is 11.0. The molecular formula is C16H17NO3. The lowest BCUT2D eigenvalue weighted by atomic mass is 10.0. The second-order valence-electron chi connectivity index (χ2n) is 4.52. The fourth-order valence-electron chi connectivity index (χ4n) is 1.81. The molecule has 20 heavy (non-hydrogen) atoms. The van der Waals surface area contributed by atoms with Gasteiger partial charge in [0, 0.05) is 6.42 Å². The Morgan fingerprint density at radius 1 is 1.05 bits per heavy atom. The van der Waals surface area contributed by atoms with Crippen LogP contribution < -0.4 is 10.5 Å². The molecular weight excluding hydrogens is 254 g/mol. The van der Waals surface area contributed by atoms with Crippen LogP contribution in [0.15, 0.2) is 60.7 Å². The number of hydrogen-bond donors (Lipinski definition) is 2. The molecule has 0 saturated heterocycles. The van der Waals surface area contributed by atoms with Gasteiger partial charge in [0.1, 0.15) is 11.8 Å². The molecule has 104 valence electrons. The smallest absolute Gasteiger partial charge is 0.331 e. The molecule has 0 amide bonds. The third-order valence-corrected chi connectivity index (χ3v) is 2.94. The minimum atomic E-state index is -1.07. The molecule has 0 heterocycles. The van der Waals surface area contributed by atoms with Gasteiger partial charge in [0.2, 0.25) is 0 Å². The molecule has 0 fully saturated rings. The number of para-hydroxylation sites is 1. The summed E-state index contributed by atoms with van der Waals surface area (Å²) in [6.07, 6.45) is -0.667. The molecule has 4 heteroatoms. The van der Waals surface area contributed by atoms with Gasteiger partial charge in [-0.1, -0.05) is 48.5 Å². The van der Waals surface area contributed by atoms with Crippen molar-refractivity contribution in [1.82, 2.24) is 0 Å². The Bertz CT molecular complexity index is 542. The van der Waals surface area contributed by atoms with E-state index in [2.05, 4.69) is 0 Å². The minimum Gasteiger partial charge on any atom is -0.425 e. The summed E-state index contributed by atoms with van der Waals surface area (Å²) < 4.78 is 5.11. The van der Waals surface area contributed by atoms with E-state index in [1.54, 1.807) is 24.3 Å². The van der Waals surface area contributed by atoms with Crippen LogP contribution in [0, 0.1) is 0 Å². The van der Waals surface area contributed by atoms with Crippen LogP contribution in [0.25, 0.3) is 0 Å². The predicted molar refractivity (Wildman–Crippen MR) is 76.2 cm³/mol. The van der Waals surface area contributed by atoms with Crippen molar-refractivity contribution in [2.75, 3.05) is 0 Å². The highest BCUT2D eigenvalue weighted by Gasteiger charge is 2.24. The average Bonchev–Trinajstić information content (AvgIpc) is 2.48. The maximum atomic E-state index is 11.8. The van der Waals surface area contributed by atoms with Crippen molar-refractivity contribution >= 4 is 5.97 Å². The first kappa shape index (κ1) is 14.2. The predicted octanol–water partition coefficient (Wildman–Crippen LogP) is 1.52. The van der Waals surface area contributed by atoms with Crippen LogP contribution in [0.2, 0.25) is 0 Å². The van der Waals surface area contributed by atoms with Crippen LogP contribution in [0.4, 0.5) is 0 Å². The first-order valence-electron chi connectivity index (χ1n) is 6.41. The number of aliphatic hydroxyl groups excluding tert-OH is 1. The highest BCUT2D eigenvalue weighted by molar-refractivity contribution is 5.78. The van der Waals surface area contributed by atoms with Crippen LogP contribution in [0.5, 0.6) is 5.75 Å². The van der Waals surface area contributed by atoms with E-state index in [0.717, 1.165) is 5.56 Å². The highest BCUT2D eigenvalue weighted by atomic mass is 16.5.